The van der Waals surface area contributed by atoms with E-state index in [1.165, 1.54) is 17.6 Å². The molecule has 0 saturated carbocycles. The number of urea groups is 1. The third kappa shape index (κ3) is 6.43. The number of primary amides is 1. The Morgan fingerprint density at radius 3 is 2.46 bits per heavy atom. The van der Waals surface area contributed by atoms with Crippen LogP contribution in [-0.4, -0.2) is 33.6 Å². The summed E-state index contributed by atoms with van der Waals surface area (Å²) in [7, 11) is 0. The first-order valence-electron chi connectivity index (χ1n) is 10.4. The molecule has 3 amide bonds. The number of nitrogens with zero attached hydrogens (tertiary/aromatic N) is 2. The van der Waals surface area contributed by atoms with Gasteiger partial charge in [0, 0.05) is 6.42 Å². The molecular formula is C23H21F3N4O5. The highest BCUT2D eigenvalue weighted by Gasteiger charge is 2.31. The largest absolute Gasteiger partial charge is 0.453 e. The monoisotopic (exact) mass is 490 g/mol. The molecule has 0 saturated heterocycles. The molecule has 1 unspecified atom stereocenters. The molecule has 3 aromatic rings. The van der Waals surface area contributed by atoms with Gasteiger partial charge in [-0.25, -0.2) is 9.78 Å². The van der Waals surface area contributed by atoms with Crippen molar-refractivity contribution in [2.45, 2.75) is 38.6 Å². The summed E-state index contributed by atoms with van der Waals surface area (Å²) in [6.07, 6.45) is -6.57. The van der Waals surface area contributed by atoms with Crippen molar-refractivity contribution in [1.82, 2.24) is 14.9 Å². The van der Waals surface area contributed by atoms with Crippen LogP contribution in [-0.2, 0) is 33.5 Å². The number of fused-ring (bicyclic) bond motifs is 1. The maximum atomic E-state index is 13.2. The van der Waals surface area contributed by atoms with Gasteiger partial charge in [-0.1, -0.05) is 30.3 Å². The molecule has 184 valence electrons. The zero-order chi connectivity index (χ0) is 25.8. The van der Waals surface area contributed by atoms with Crippen LogP contribution in [0.4, 0.5) is 18.0 Å². The van der Waals surface area contributed by atoms with Gasteiger partial charge in [-0.15, -0.1) is 0 Å². The molecule has 3 rings (SSSR count). The minimum absolute atomic E-state index is 0.0621. The highest BCUT2D eigenvalue weighted by atomic mass is 19.4. The number of nitrogens with two attached hydrogens (primary N) is 1. The number of hydrogen-bond acceptors (Lipinski definition) is 6. The number of rotatable bonds is 7. The van der Waals surface area contributed by atoms with Crippen molar-refractivity contribution in [1.29, 1.82) is 0 Å². The van der Waals surface area contributed by atoms with E-state index in [-0.39, 0.29) is 36.1 Å². The van der Waals surface area contributed by atoms with Gasteiger partial charge in [0.05, 0.1) is 29.6 Å². The van der Waals surface area contributed by atoms with E-state index in [4.69, 9.17) is 10.5 Å². The van der Waals surface area contributed by atoms with E-state index in [0.717, 1.165) is 17.7 Å². The first-order valence-corrected chi connectivity index (χ1v) is 10.4. The van der Waals surface area contributed by atoms with E-state index >= 15 is 0 Å². The zero-order valence-electron chi connectivity index (χ0n) is 18.5. The van der Waals surface area contributed by atoms with Crippen LogP contribution in [0.3, 0.4) is 0 Å². The maximum Gasteiger partial charge on any atom is 0.416 e. The van der Waals surface area contributed by atoms with E-state index in [2.05, 4.69) is 4.98 Å². The van der Waals surface area contributed by atoms with Gasteiger partial charge in [0.15, 0.2) is 6.10 Å². The van der Waals surface area contributed by atoms with Crippen LogP contribution in [0.15, 0.2) is 53.3 Å². The Balaban J connectivity index is 1.91. The van der Waals surface area contributed by atoms with Gasteiger partial charge in [-0.05, 0) is 30.7 Å². The minimum atomic E-state index is -4.61. The summed E-state index contributed by atoms with van der Waals surface area (Å²) in [6.45, 7) is 1.29. The van der Waals surface area contributed by atoms with Crippen LogP contribution in [0.1, 0.15) is 30.2 Å². The van der Waals surface area contributed by atoms with Crippen molar-refractivity contribution in [3.63, 3.8) is 0 Å². The Kier molecular flexibility index (Phi) is 7.52. The van der Waals surface area contributed by atoms with Crippen molar-refractivity contribution in [3.05, 3.63) is 75.7 Å². The fraction of sp³-hybridized carbons (Fsp3) is 0.261. The van der Waals surface area contributed by atoms with E-state index < -0.39 is 41.3 Å². The Morgan fingerprint density at radius 2 is 1.83 bits per heavy atom. The van der Waals surface area contributed by atoms with Crippen molar-refractivity contribution in [2.75, 3.05) is 0 Å². The number of nitrogens with one attached hydrogen (secondary N) is 1. The second kappa shape index (κ2) is 10.4. The third-order valence-corrected chi connectivity index (χ3v) is 5.01. The molecule has 12 heteroatoms. The minimum Gasteiger partial charge on any atom is -0.453 e. The van der Waals surface area contributed by atoms with Gasteiger partial charge in [-0.3, -0.25) is 19.7 Å². The molecule has 0 fully saturated rings. The molecular weight excluding hydrogens is 469 g/mol. The van der Waals surface area contributed by atoms with Gasteiger partial charge in [0.2, 0.25) is 0 Å². The molecule has 0 bridgehead atoms. The summed E-state index contributed by atoms with van der Waals surface area (Å²) >= 11 is 0. The summed E-state index contributed by atoms with van der Waals surface area (Å²) in [5.74, 6) is -1.81. The summed E-state index contributed by atoms with van der Waals surface area (Å²) in [5.41, 5.74) is 4.07. The molecule has 1 aromatic heterocycles. The molecule has 1 heterocycles. The fourth-order valence-corrected chi connectivity index (χ4v) is 3.31. The number of ether oxygens (including phenoxy) is 1. The van der Waals surface area contributed by atoms with Crippen LogP contribution in [0.2, 0.25) is 0 Å². The molecule has 3 N–H and O–H groups in total. The number of aryl methyl sites for hydroxylation is 1. The van der Waals surface area contributed by atoms with Crippen molar-refractivity contribution in [3.8, 4) is 0 Å². The number of esters is 1. The molecule has 1 atom stereocenters. The number of halogens is 3. The van der Waals surface area contributed by atoms with Gasteiger partial charge in [-0.2, -0.15) is 13.2 Å². The van der Waals surface area contributed by atoms with Crippen molar-refractivity contribution in [2.24, 2.45) is 5.73 Å². The smallest absolute Gasteiger partial charge is 0.416 e. The average molecular weight is 490 g/mol. The number of aromatic nitrogens is 2. The number of imide groups is 1. The quantitative estimate of drug-likeness (QED) is 0.489. The molecule has 9 nitrogen and oxygen atoms in total. The lowest BCUT2D eigenvalue weighted by molar-refractivity contribution is -0.154. The fourth-order valence-electron chi connectivity index (χ4n) is 3.31. The number of amides is 3. The van der Waals surface area contributed by atoms with Crippen LogP contribution >= 0.6 is 0 Å². The number of hydrogen-bond donors (Lipinski definition) is 2. The van der Waals surface area contributed by atoms with Crippen LogP contribution in [0.25, 0.3) is 11.0 Å². The lowest BCUT2D eigenvalue weighted by atomic mass is 10.1. The molecule has 0 spiro atoms. The molecule has 2 aromatic carbocycles. The molecule has 0 radical (unpaired) electrons. The van der Waals surface area contributed by atoms with E-state index in [9.17, 15) is 32.3 Å². The second-order valence-corrected chi connectivity index (χ2v) is 7.62. The highest BCUT2D eigenvalue weighted by molar-refractivity contribution is 5.96. The van der Waals surface area contributed by atoms with E-state index in [0.29, 0.717) is 0 Å². The van der Waals surface area contributed by atoms with Gasteiger partial charge in [0.1, 0.15) is 5.69 Å². The molecule has 0 aliphatic heterocycles. The predicted molar refractivity (Wildman–Crippen MR) is 118 cm³/mol. The Hall–Kier alpha value is -4.22. The first-order chi connectivity index (χ1) is 16.5. The van der Waals surface area contributed by atoms with Crippen LogP contribution in [0, 0.1) is 0 Å². The van der Waals surface area contributed by atoms with Crippen LogP contribution < -0.4 is 16.6 Å². The molecule has 0 aliphatic rings. The molecule has 35 heavy (non-hydrogen) atoms. The third-order valence-electron chi connectivity index (χ3n) is 5.01. The van der Waals surface area contributed by atoms with Crippen LogP contribution in [0.5, 0.6) is 0 Å². The number of alkyl halides is 3. The lowest BCUT2D eigenvalue weighted by Gasteiger charge is -2.15. The first kappa shape index (κ1) is 25.4. The highest BCUT2D eigenvalue weighted by Crippen LogP contribution is 2.31. The summed E-state index contributed by atoms with van der Waals surface area (Å²) < 4.78 is 45.9. The standard InChI is InChI=1S/C23H21F3N4O5/c1-13(20(32)29-22(27)34)35-19(31)10-8-16-21(33)30(12-14-5-3-2-4-6-14)18-9-7-15(23(24,25)26)11-17(18)28-16/h2-7,9,11,13H,8,10,12H2,1H3,(H3,27,29,32,34). The van der Waals surface area contributed by atoms with E-state index in [1.807, 2.05) is 0 Å². The maximum absolute atomic E-state index is 13.2. The predicted octanol–water partition coefficient (Wildman–Crippen LogP) is 2.52. The number of carbonyl (C=O) groups is 3. The summed E-state index contributed by atoms with van der Waals surface area (Å²) in [6, 6.07) is 10.6. The van der Waals surface area contributed by atoms with Gasteiger partial charge in [0.25, 0.3) is 11.5 Å². The van der Waals surface area contributed by atoms with Gasteiger partial charge >= 0.3 is 18.2 Å². The second-order valence-electron chi connectivity index (χ2n) is 7.62. The SMILES string of the molecule is CC(OC(=O)CCc1nc2cc(C(F)(F)F)ccc2n(Cc2ccccc2)c1=O)C(=O)NC(N)=O. The van der Waals surface area contributed by atoms with E-state index in [1.54, 1.807) is 35.6 Å². The Labute approximate surface area is 196 Å². The summed E-state index contributed by atoms with van der Waals surface area (Å²) in [4.78, 5) is 51.8. The number of carbonyl (C=O) groups excluding carboxylic acids is 3. The molecule has 0 aliphatic carbocycles. The topological polar surface area (TPSA) is 133 Å². The van der Waals surface area contributed by atoms with Crippen molar-refractivity contribution >= 4 is 28.9 Å². The Bertz CT molecular complexity index is 1320. The normalized spacial score (nSPS) is 12.2. The van der Waals surface area contributed by atoms with Gasteiger partial charge < -0.3 is 15.0 Å². The average Bonchev–Trinajstić information content (AvgIpc) is 2.79. The van der Waals surface area contributed by atoms with Crippen molar-refractivity contribution < 1.29 is 32.3 Å². The number of benzene rings is 2. The summed E-state index contributed by atoms with van der Waals surface area (Å²) in [5, 5.41) is 1.76. The Morgan fingerprint density at radius 1 is 1.14 bits per heavy atom. The zero-order valence-corrected chi connectivity index (χ0v) is 18.5. The lowest BCUT2D eigenvalue weighted by Crippen LogP contribution is -2.42.